The zero-order valence-electron chi connectivity index (χ0n) is 9.71. The van der Waals surface area contributed by atoms with E-state index in [1.54, 1.807) is 6.20 Å². The zero-order valence-corrected chi connectivity index (χ0v) is 9.71. The van der Waals surface area contributed by atoms with E-state index in [-0.39, 0.29) is 6.04 Å². The van der Waals surface area contributed by atoms with Crippen molar-refractivity contribution in [3.8, 4) is 11.6 Å². The van der Waals surface area contributed by atoms with Crippen LogP contribution in [0.2, 0.25) is 0 Å². The van der Waals surface area contributed by atoms with E-state index >= 15 is 0 Å². The Hall–Kier alpha value is -1.69. The van der Waals surface area contributed by atoms with Gasteiger partial charge in [0, 0.05) is 31.9 Å². The maximum atomic E-state index is 6.02. The predicted molar refractivity (Wildman–Crippen MR) is 60.9 cm³/mol. The zero-order chi connectivity index (χ0) is 11.8. The van der Waals surface area contributed by atoms with Gasteiger partial charge in [0.15, 0.2) is 5.82 Å². The smallest absolute Gasteiger partial charge is 0.238 e. The standard InChI is InChI=1S/C11H15N5O/c1-16-5-4-13-11(16)10-14-9(17-15-10)6-8(12)7-2-3-7/h4-5,7-8H,2-3,6,12H2,1H3. The molecule has 2 aromatic heterocycles. The number of nitrogens with zero attached hydrogens (tertiary/aromatic N) is 4. The van der Waals surface area contributed by atoms with Crippen LogP contribution in [0.15, 0.2) is 16.9 Å². The average Bonchev–Trinajstić information content (AvgIpc) is 2.93. The summed E-state index contributed by atoms with van der Waals surface area (Å²) in [5.74, 6) is 2.47. The lowest BCUT2D eigenvalue weighted by Crippen LogP contribution is -2.25. The minimum atomic E-state index is 0.143. The molecule has 1 atom stereocenters. The van der Waals surface area contributed by atoms with Crippen LogP contribution in [-0.4, -0.2) is 25.7 Å². The maximum absolute atomic E-state index is 6.02. The molecule has 0 radical (unpaired) electrons. The second-order valence-electron chi connectivity index (χ2n) is 4.58. The van der Waals surface area contributed by atoms with Gasteiger partial charge in [0.05, 0.1) is 0 Å². The first kappa shape index (κ1) is 10.5. The lowest BCUT2D eigenvalue weighted by Gasteiger charge is -2.04. The highest BCUT2D eigenvalue weighted by Crippen LogP contribution is 2.32. The molecule has 2 heterocycles. The molecule has 3 rings (SSSR count). The summed E-state index contributed by atoms with van der Waals surface area (Å²) >= 11 is 0. The fourth-order valence-electron chi connectivity index (χ4n) is 1.90. The van der Waals surface area contributed by atoms with Crippen molar-refractivity contribution in [3.05, 3.63) is 18.3 Å². The van der Waals surface area contributed by atoms with Crippen LogP contribution in [0.3, 0.4) is 0 Å². The number of rotatable bonds is 4. The highest BCUT2D eigenvalue weighted by molar-refractivity contribution is 5.42. The second kappa shape index (κ2) is 3.96. The third kappa shape index (κ3) is 2.08. The molecule has 2 aromatic rings. The van der Waals surface area contributed by atoms with Crippen LogP contribution >= 0.6 is 0 Å². The van der Waals surface area contributed by atoms with Gasteiger partial charge in [0.2, 0.25) is 11.7 Å². The first-order valence-electron chi connectivity index (χ1n) is 5.80. The van der Waals surface area contributed by atoms with Crippen molar-refractivity contribution < 1.29 is 4.52 Å². The fraction of sp³-hybridized carbons (Fsp3) is 0.545. The highest BCUT2D eigenvalue weighted by atomic mass is 16.5. The van der Waals surface area contributed by atoms with Gasteiger partial charge in [-0.15, -0.1) is 0 Å². The number of hydrogen-bond acceptors (Lipinski definition) is 5. The molecule has 0 bridgehead atoms. The van der Waals surface area contributed by atoms with E-state index in [1.165, 1.54) is 12.8 Å². The highest BCUT2D eigenvalue weighted by Gasteiger charge is 2.29. The Morgan fingerprint density at radius 2 is 2.41 bits per heavy atom. The molecule has 1 aliphatic rings. The first-order valence-corrected chi connectivity index (χ1v) is 5.80. The lowest BCUT2D eigenvalue weighted by molar-refractivity contribution is 0.363. The van der Waals surface area contributed by atoms with Gasteiger partial charge in [-0.25, -0.2) is 4.98 Å². The number of aryl methyl sites for hydroxylation is 1. The van der Waals surface area contributed by atoms with Crippen molar-refractivity contribution in [3.63, 3.8) is 0 Å². The molecule has 0 amide bonds. The number of imidazole rings is 1. The SMILES string of the molecule is Cn1ccnc1-c1noc(CC(N)C2CC2)n1. The van der Waals surface area contributed by atoms with Gasteiger partial charge in [0.1, 0.15) is 0 Å². The molecule has 6 heteroatoms. The lowest BCUT2D eigenvalue weighted by atomic mass is 10.1. The molecule has 1 saturated carbocycles. The summed E-state index contributed by atoms with van der Waals surface area (Å²) in [4.78, 5) is 8.50. The number of aromatic nitrogens is 4. The Kier molecular flexibility index (Phi) is 2.44. The quantitative estimate of drug-likeness (QED) is 0.842. The van der Waals surface area contributed by atoms with Gasteiger partial charge in [-0.2, -0.15) is 4.98 Å². The first-order chi connectivity index (χ1) is 8.24. The molecule has 0 saturated heterocycles. The van der Waals surface area contributed by atoms with Crippen LogP contribution in [-0.2, 0) is 13.5 Å². The van der Waals surface area contributed by atoms with Crippen LogP contribution in [0.25, 0.3) is 11.6 Å². The van der Waals surface area contributed by atoms with Gasteiger partial charge >= 0.3 is 0 Å². The Balaban J connectivity index is 1.76. The molecule has 0 spiro atoms. The van der Waals surface area contributed by atoms with Crippen LogP contribution in [0.1, 0.15) is 18.7 Å². The van der Waals surface area contributed by atoms with E-state index in [0.29, 0.717) is 29.9 Å². The molecule has 0 aliphatic heterocycles. The summed E-state index contributed by atoms with van der Waals surface area (Å²) in [5, 5.41) is 3.93. The summed E-state index contributed by atoms with van der Waals surface area (Å²) < 4.78 is 7.05. The van der Waals surface area contributed by atoms with Crippen LogP contribution in [0.5, 0.6) is 0 Å². The monoisotopic (exact) mass is 233 g/mol. The van der Waals surface area contributed by atoms with Gasteiger partial charge in [-0.1, -0.05) is 5.16 Å². The van der Waals surface area contributed by atoms with Crippen molar-refractivity contribution in [2.75, 3.05) is 0 Å². The van der Waals surface area contributed by atoms with E-state index in [2.05, 4.69) is 15.1 Å². The summed E-state index contributed by atoms with van der Waals surface area (Å²) in [7, 11) is 1.90. The topological polar surface area (TPSA) is 82.8 Å². The normalized spacial score (nSPS) is 17.3. The van der Waals surface area contributed by atoms with Crippen LogP contribution < -0.4 is 5.73 Å². The van der Waals surface area contributed by atoms with Gasteiger partial charge in [0.25, 0.3) is 0 Å². The molecule has 0 aromatic carbocycles. The molecule has 1 fully saturated rings. The van der Waals surface area contributed by atoms with E-state index in [1.807, 2.05) is 17.8 Å². The fourth-order valence-corrected chi connectivity index (χ4v) is 1.90. The number of nitrogens with two attached hydrogens (primary N) is 1. The summed E-state index contributed by atoms with van der Waals surface area (Å²) in [5.41, 5.74) is 6.02. The molecule has 1 unspecified atom stereocenters. The third-order valence-electron chi connectivity index (χ3n) is 3.13. The van der Waals surface area contributed by atoms with Gasteiger partial charge in [-0.3, -0.25) is 0 Å². The molecule has 17 heavy (non-hydrogen) atoms. The van der Waals surface area contributed by atoms with Crippen molar-refractivity contribution in [1.82, 2.24) is 19.7 Å². The van der Waals surface area contributed by atoms with Crippen LogP contribution in [0, 0.1) is 5.92 Å². The Morgan fingerprint density at radius 1 is 1.59 bits per heavy atom. The van der Waals surface area contributed by atoms with Crippen molar-refractivity contribution in [2.45, 2.75) is 25.3 Å². The number of hydrogen-bond donors (Lipinski definition) is 1. The average molecular weight is 233 g/mol. The minimum Gasteiger partial charge on any atom is -0.339 e. The van der Waals surface area contributed by atoms with Gasteiger partial charge < -0.3 is 14.8 Å². The summed E-state index contributed by atoms with van der Waals surface area (Å²) in [6.45, 7) is 0. The Morgan fingerprint density at radius 3 is 3.06 bits per heavy atom. The molecule has 6 nitrogen and oxygen atoms in total. The molecular formula is C11H15N5O. The molecule has 2 N–H and O–H groups in total. The van der Waals surface area contributed by atoms with Crippen molar-refractivity contribution in [1.29, 1.82) is 0 Å². The van der Waals surface area contributed by atoms with Crippen LogP contribution in [0.4, 0.5) is 0 Å². The van der Waals surface area contributed by atoms with E-state index in [9.17, 15) is 0 Å². The van der Waals surface area contributed by atoms with E-state index in [4.69, 9.17) is 10.3 Å². The summed E-state index contributed by atoms with van der Waals surface area (Å²) in [6.07, 6.45) is 6.66. The van der Waals surface area contributed by atoms with E-state index in [0.717, 1.165) is 0 Å². The Bertz CT molecular complexity index is 513. The third-order valence-corrected chi connectivity index (χ3v) is 3.13. The largest absolute Gasteiger partial charge is 0.339 e. The molecular weight excluding hydrogens is 218 g/mol. The summed E-state index contributed by atoms with van der Waals surface area (Å²) in [6, 6.07) is 0.143. The Labute approximate surface area is 98.8 Å². The second-order valence-corrected chi connectivity index (χ2v) is 4.58. The molecule has 90 valence electrons. The van der Waals surface area contributed by atoms with Crippen molar-refractivity contribution in [2.24, 2.45) is 18.7 Å². The minimum absolute atomic E-state index is 0.143. The molecule has 1 aliphatic carbocycles. The maximum Gasteiger partial charge on any atom is 0.238 e. The van der Waals surface area contributed by atoms with Crippen molar-refractivity contribution >= 4 is 0 Å². The van der Waals surface area contributed by atoms with Gasteiger partial charge in [-0.05, 0) is 18.8 Å². The van der Waals surface area contributed by atoms with E-state index < -0.39 is 0 Å². The predicted octanol–water partition coefficient (Wildman–Crippen LogP) is 0.750.